The van der Waals surface area contributed by atoms with Gasteiger partial charge in [-0.2, -0.15) is 0 Å². The summed E-state index contributed by atoms with van der Waals surface area (Å²) < 4.78 is 10.9. The third kappa shape index (κ3) is 5.04. The number of hydrogen-bond acceptors (Lipinski definition) is 5. The highest BCUT2D eigenvalue weighted by molar-refractivity contribution is 5.95. The molecule has 0 spiro atoms. The SMILES string of the molecule is COCC1(CNC(=O)c2ccccc2CN2CCOCC2)CCNCC1. The highest BCUT2D eigenvalue weighted by Gasteiger charge is 2.32. The Morgan fingerprint density at radius 2 is 2.00 bits per heavy atom. The number of methoxy groups -OCH3 is 1. The second-order valence-electron chi connectivity index (χ2n) is 7.41. The molecule has 3 rings (SSSR count). The molecule has 1 amide bonds. The van der Waals surface area contributed by atoms with E-state index in [2.05, 4.69) is 21.6 Å². The average molecular weight is 361 g/mol. The van der Waals surface area contributed by atoms with Crippen molar-refractivity contribution in [2.75, 3.05) is 59.7 Å². The highest BCUT2D eigenvalue weighted by Crippen LogP contribution is 2.28. The van der Waals surface area contributed by atoms with Gasteiger partial charge in [0.1, 0.15) is 0 Å². The maximum absolute atomic E-state index is 12.9. The summed E-state index contributed by atoms with van der Waals surface area (Å²) in [5, 5.41) is 6.57. The molecule has 2 N–H and O–H groups in total. The van der Waals surface area contributed by atoms with Crippen LogP contribution >= 0.6 is 0 Å². The van der Waals surface area contributed by atoms with E-state index in [1.165, 1.54) is 0 Å². The molecule has 2 aliphatic rings. The number of nitrogens with zero attached hydrogens (tertiary/aromatic N) is 1. The zero-order chi connectivity index (χ0) is 18.2. The fraction of sp³-hybridized carbons (Fsp3) is 0.650. The van der Waals surface area contributed by atoms with Crippen LogP contribution in [0.5, 0.6) is 0 Å². The van der Waals surface area contributed by atoms with Gasteiger partial charge in [-0.15, -0.1) is 0 Å². The summed E-state index contributed by atoms with van der Waals surface area (Å²) in [7, 11) is 1.74. The second-order valence-corrected chi connectivity index (χ2v) is 7.41. The first kappa shape index (κ1) is 19.3. The lowest BCUT2D eigenvalue weighted by Crippen LogP contribution is -2.47. The van der Waals surface area contributed by atoms with Gasteiger partial charge >= 0.3 is 0 Å². The number of rotatable bonds is 7. The molecule has 26 heavy (non-hydrogen) atoms. The molecule has 0 saturated carbocycles. The maximum Gasteiger partial charge on any atom is 0.251 e. The molecule has 2 fully saturated rings. The normalized spacial score (nSPS) is 20.7. The van der Waals surface area contributed by atoms with Crippen molar-refractivity contribution in [3.8, 4) is 0 Å². The summed E-state index contributed by atoms with van der Waals surface area (Å²) >= 11 is 0. The quantitative estimate of drug-likeness (QED) is 0.766. The Labute approximate surface area is 156 Å². The lowest BCUT2D eigenvalue weighted by molar-refractivity contribution is 0.0340. The van der Waals surface area contributed by atoms with E-state index >= 15 is 0 Å². The number of ether oxygens (including phenoxy) is 2. The van der Waals surface area contributed by atoms with Crippen LogP contribution in [0.1, 0.15) is 28.8 Å². The number of amides is 1. The molecule has 0 unspecified atom stereocenters. The smallest absolute Gasteiger partial charge is 0.251 e. The molecule has 144 valence electrons. The van der Waals surface area contributed by atoms with Gasteiger partial charge in [0.2, 0.25) is 0 Å². The van der Waals surface area contributed by atoms with Crippen molar-refractivity contribution < 1.29 is 14.3 Å². The number of nitrogens with one attached hydrogen (secondary N) is 2. The van der Waals surface area contributed by atoms with Crippen LogP contribution in [-0.2, 0) is 16.0 Å². The molecule has 0 atom stereocenters. The number of benzene rings is 1. The largest absolute Gasteiger partial charge is 0.384 e. The van der Waals surface area contributed by atoms with Crippen molar-refractivity contribution in [1.29, 1.82) is 0 Å². The van der Waals surface area contributed by atoms with Crippen molar-refractivity contribution in [3.05, 3.63) is 35.4 Å². The molecule has 2 saturated heterocycles. The van der Waals surface area contributed by atoms with Gasteiger partial charge in [-0.3, -0.25) is 9.69 Å². The predicted octanol–water partition coefficient (Wildman–Crippen LogP) is 1.26. The van der Waals surface area contributed by atoms with Crippen LogP contribution in [0.3, 0.4) is 0 Å². The van der Waals surface area contributed by atoms with E-state index in [-0.39, 0.29) is 11.3 Å². The van der Waals surface area contributed by atoms with Crippen LogP contribution in [0.2, 0.25) is 0 Å². The molecular formula is C20H31N3O3. The van der Waals surface area contributed by atoms with E-state index in [1.54, 1.807) is 7.11 Å². The van der Waals surface area contributed by atoms with Crippen LogP contribution in [0, 0.1) is 5.41 Å². The zero-order valence-corrected chi connectivity index (χ0v) is 15.8. The molecule has 0 radical (unpaired) electrons. The Balaban J connectivity index is 1.63. The summed E-state index contributed by atoms with van der Waals surface area (Å²) in [6.07, 6.45) is 2.05. The fourth-order valence-electron chi connectivity index (χ4n) is 3.88. The molecule has 6 nitrogen and oxygen atoms in total. The van der Waals surface area contributed by atoms with E-state index in [0.29, 0.717) is 13.2 Å². The number of morpholine rings is 1. The van der Waals surface area contributed by atoms with Gasteiger partial charge < -0.3 is 20.1 Å². The summed E-state index contributed by atoms with van der Waals surface area (Å²) in [4.78, 5) is 15.2. The number of carbonyl (C=O) groups excluding carboxylic acids is 1. The van der Waals surface area contributed by atoms with Gasteiger partial charge in [-0.1, -0.05) is 18.2 Å². The third-order valence-electron chi connectivity index (χ3n) is 5.50. The maximum atomic E-state index is 12.9. The van der Waals surface area contributed by atoms with Gasteiger partial charge in [0.05, 0.1) is 19.8 Å². The van der Waals surface area contributed by atoms with Gasteiger partial charge in [-0.05, 0) is 37.6 Å². The monoisotopic (exact) mass is 361 g/mol. The van der Waals surface area contributed by atoms with E-state index < -0.39 is 0 Å². The first-order valence-electron chi connectivity index (χ1n) is 9.58. The molecule has 0 aliphatic carbocycles. The van der Waals surface area contributed by atoms with E-state index in [0.717, 1.165) is 69.9 Å². The van der Waals surface area contributed by atoms with Crippen molar-refractivity contribution >= 4 is 5.91 Å². The Morgan fingerprint density at radius 3 is 2.73 bits per heavy atom. The van der Waals surface area contributed by atoms with E-state index in [9.17, 15) is 4.79 Å². The standard InChI is InChI=1S/C20H31N3O3/c1-25-16-20(6-8-21-9-7-20)15-22-19(24)18-5-3-2-4-17(18)14-23-10-12-26-13-11-23/h2-5,21H,6-16H2,1H3,(H,22,24). The van der Waals surface area contributed by atoms with Gasteiger partial charge in [-0.25, -0.2) is 0 Å². The van der Waals surface area contributed by atoms with Crippen LogP contribution in [-0.4, -0.2) is 70.5 Å². The molecule has 1 aromatic carbocycles. The first-order valence-corrected chi connectivity index (χ1v) is 9.58. The molecular weight excluding hydrogens is 330 g/mol. The number of piperidine rings is 1. The Bertz CT molecular complexity index is 576. The zero-order valence-electron chi connectivity index (χ0n) is 15.8. The Kier molecular flexibility index (Phi) is 7.02. The minimum Gasteiger partial charge on any atom is -0.384 e. The average Bonchev–Trinajstić information content (AvgIpc) is 2.68. The van der Waals surface area contributed by atoms with Gasteiger partial charge in [0, 0.05) is 44.3 Å². The summed E-state index contributed by atoms with van der Waals surface area (Å²) in [5.74, 6) is 0.0165. The molecule has 6 heteroatoms. The minimum atomic E-state index is 0.0165. The second kappa shape index (κ2) is 9.46. The van der Waals surface area contributed by atoms with Crippen molar-refractivity contribution in [2.45, 2.75) is 19.4 Å². The van der Waals surface area contributed by atoms with Crippen molar-refractivity contribution in [2.24, 2.45) is 5.41 Å². The molecule has 2 aliphatic heterocycles. The Morgan fingerprint density at radius 1 is 1.27 bits per heavy atom. The number of carbonyl (C=O) groups is 1. The molecule has 2 heterocycles. The van der Waals surface area contributed by atoms with Crippen LogP contribution < -0.4 is 10.6 Å². The lowest BCUT2D eigenvalue weighted by atomic mass is 9.79. The topological polar surface area (TPSA) is 62.8 Å². The minimum absolute atomic E-state index is 0.0165. The number of hydrogen-bond donors (Lipinski definition) is 2. The van der Waals surface area contributed by atoms with Crippen LogP contribution in [0.15, 0.2) is 24.3 Å². The van der Waals surface area contributed by atoms with Crippen LogP contribution in [0.25, 0.3) is 0 Å². The molecule has 0 aromatic heterocycles. The fourth-order valence-corrected chi connectivity index (χ4v) is 3.88. The summed E-state index contributed by atoms with van der Waals surface area (Å²) in [6, 6.07) is 7.93. The summed E-state index contributed by atoms with van der Waals surface area (Å²) in [5.41, 5.74) is 1.90. The van der Waals surface area contributed by atoms with Gasteiger partial charge in [0.15, 0.2) is 0 Å². The summed E-state index contributed by atoms with van der Waals surface area (Å²) in [6.45, 7) is 7.46. The molecule has 1 aromatic rings. The lowest BCUT2D eigenvalue weighted by Gasteiger charge is -2.37. The van der Waals surface area contributed by atoms with Crippen molar-refractivity contribution in [3.63, 3.8) is 0 Å². The van der Waals surface area contributed by atoms with E-state index in [1.807, 2.05) is 18.2 Å². The van der Waals surface area contributed by atoms with Crippen molar-refractivity contribution in [1.82, 2.24) is 15.5 Å². The highest BCUT2D eigenvalue weighted by atomic mass is 16.5. The molecule has 0 bridgehead atoms. The first-order chi connectivity index (χ1) is 12.7. The van der Waals surface area contributed by atoms with Crippen LogP contribution in [0.4, 0.5) is 0 Å². The van der Waals surface area contributed by atoms with Gasteiger partial charge in [0.25, 0.3) is 5.91 Å². The Hall–Kier alpha value is -1.47. The third-order valence-corrected chi connectivity index (χ3v) is 5.50. The van der Waals surface area contributed by atoms with E-state index in [4.69, 9.17) is 9.47 Å². The predicted molar refractivity (Wildman–Crippen MR) is 101 cm³/mol.